The first kappa shape index (κ1) is 13.7. The molecule has 4 nitrogen and oxygen atoms in total. The minimum Gasteiger partial charge on any atom is -0.310 e. The van der Waals surface area contributed by atoms with Gasteiger partial charge in [0.05, 0.1) is 4.92 Å². The molecular formula is C15H20N2O2. The lowest BCUT2D eigenvalue weighted by Gasteiger charge is -2.27. The fourth-order valence-electron chi connectivity index (χ4n) is 2.48. The number of nitrogens with one attached hydrogen (secondary N) is 1. The van der Waals surface area contributed by atoms with E-state index in [1.807, 2.05) is 6.08 Å². The zero-order valence-electron chi connectivity index (χ0n) is 11.2. The van der Waals surface area contributed by atoms with E-state index in [4.69, 9.17) is 0 Å². The normalized spacial score (nSPS) is 23.6. The molecule has 1 heterocycles. The first-order valence-electron chi connectivity index (χ1n) is 6.85. The first-order valence-corrected chi connectivity index (χ1v) is 6.85. The van der Waals surface area contributed by atoms with Gasteiger partial charge in [-0.25, -0.2) is 0 Å². The maximum Gasteiger partial charge on any atom is 0.269 e. The third-order valence-electron chi connectivity index (χ3n) is 3.75. The molecule has 4 heteroatoms. The van der Waals surface area contributed by atoms with Gasteiger partial charge in [-0.3, -0.25) is 10.1 Å². The van der Waals surface area contributed by atoms with Crippen molar-refractivity contribution in [3.63, 3.8) is 0 Å². The summed E-state index contributed by atoms with van der Waals surface area (Å²) in [6.45, 7) is 3.32. The topological polar surface area (TPSA) is 55.2 Å². The predicted molar refractivity (Wildman–Crippen MR) is 76.9 cm³/mol. The molecule has 0 saturated carbocycles. The van der Waals surface area contributed by atoms with Crippen LogP contribution in [0.1, 0.15) is 31.7 Å². The molecule has 1 aromatic carbocycles. The van der Waals surface area contributed by atoms with E-state index in [-0.39, 0.29) is 10.6 Å². The second kappa shape index (κ2) is 6.48. The van der Waals surface area contributed by atoms with Crippen molar-refractivity contribution in [1.82, 2.24) is 5.32 Å². The zero-order chi connectivity index (χ0) is 13.7. The Morgan fingerprint density at radius 3 is 2.79 bits per heavy atom. The van der Waals surface area contributed by atoms with Crippen LogP contribution < -0.4 is 5.32 Å². The molecule has 1 aliphatic rings. The van der Waals surface area contributed by atoms with E-state index in [1.165, 1.54) is 19.3 Å². The van der Waals surface area contributed by atoms with Crippen LogP contribution in [0.4, 0.5) is 5.69 Å². The average molecular weight is 260 g/mol. The molecule has 0 aromatic heterocycles. The molecule has 0 aliphatic carbocycles. The Kier molecular flexibility index (Phi) is 4.68. The average Bonchev–Trinajstić information content (AvgIpc) is 2.46. The highest BCUT2D eigenvalue weighted by Crippen LogP contribution is 2.20. The Balaban J connectivity index is 1.96. The van der Waals surface area contributed by atoms with Crippen LogP contribution in [0.5, 0.6) is 0 Å². The predicted octanol–water partition coefficient (Wildman–Crippen LogP) is 3.39. The second-order valence-electron chi connectivity index (χ2n) is 5.07. The number of piperidine rings is 1. The van der Waals surface area contributed by atoms with Crippen LogP contribution in [-0.4, -0.2) is 17.5 Å². The third-order valence-corrected chi connectivity index (χ3v) is 3.75. The van der Waals surface area contributed by atoms with E-state index in [0.29, 0.717) is 6.04 Å². The number of nitro benzene ring substituents is 1. The van der Waals surface area contributed by atoms with Gasteiger partial charge < -0.3 is 5.32 Å². The maximum absolute atomic E-state index is 10.6. The van der Waals surface area contributed by atoms with Gasteiger partial charge in [0.1, 0.15) is 0 Å². The molecule has 2 rings (SSSR count). The molecule has 1 N–H and O–H groups in total. The fourth-order valence-corrected chi connectivity index (χ4v) is 2.48. The van der Waals surface area contributed by atoms with Crippen LogP contribution in [0.3, 0.4) is 0 Å². The molecule has 0 spiro atoms. The molecule has 2 unspecified atom stereocenters. The highest BCUT2D eigenvalue weighted by Gasteiger charge is 2.17. The zero-order valence-corrected chi connectivity index (χ0v) is 11.2. The van der Waals surface area contributed by atoms with E-state index in [2.05, 4.69) is 18.3 Å². The minimum absolute atomic E-state index is 0.138. The van der Waals surface area contributed by atoms with Crippen molar-refractivity contribution in [2.24, 2.45) is 5.92 Å². The lowest BCUT2D eigenvalue weighted by atomic mass is 9.90. The number of non-ortho nitro benzene ring substituents is 1. The Morgan fingerprint density at radius 2 is 2.16 bits per heavy atom. The Hall–Kier alpha value is -1.68. The van der Waals surface area contributed by atoms with Crippen LogP contribution >= 0.6 is 0 Å². The SMILES string of the molecule is CCC1CCNC(/C=C/c2ccc([N+](=O)[O-])cc2)C1. The molecule has 1 aromatic rings. The van der Waals surface area contributed by atoms with E-state index >= 15 is 0 Å². The molecule has 0 bridgehead atoms. The summed E-state index contributed by atoms with van der Waals surface area (Å²) in [7, 11) is 0. The molecule has 102 valence electrons. The van der Waals surface area contributed by atoms with Crippen molar-refractivity contribution in [3.8, 4) is 0 Å². The van der Waals surface area contributed by atoms with E-state index < -0.39 is 0 Å². The van der Waals surface area contributed by atoms with E-state index in [0.717, 1.165) is 18.0 Å². The molecular weight excluding hydrogens is 240 g/mol. The highest BCUT2D eigenvalue weighted by molar-refractivity contribution is 5.52. The van der Waals surface area contributed by atoms with Gasteiger partial charge in [0.15, 0.2) is 0 Å². The maximum atomic E-state index is 10.6. The third kappa shape index (κ3) is 3.89. The summed E-state index contributed by atoms with van der Waals surface area (Å²) in [6.07, 6.45) is 7.89. The monoisotopic (exact) mass is 260 g/mol. The van der Waals surface area contributed by atoms with Crippen LogP contribution in [0.25, 0.3) is 6.08 Å². The highest BCUT2D eigenvalue weighted by atomic mass is 16.6. The number of nitro groups is 1. The Labute approximate surface area is 113 Å². The molecule has 1 fully saturated rings. The smallest absolute Gasteiger partial charge is 0.269 e. The lowest BCUT2D eigenvalue weighted by Crippen LogP contribution is -2.36. The Bertz CT molecular complexity index is 454. The van der Waals surface area contributed by atoms with Crippen LogP contribution in [0.15, 0.2) is 30.3 Å². The molecule has 1 aliphatic heterocycles. The molecule has 0 amide bonds. The van der Waals surface area contributed by atoms with Gasteiger partial charge in [-0.05, 0) is 43.0 Å². The van der Waals surface area contributed by atoms with Crippen molar-refractivity contribution in [3.05, 3.63) is 46.0 Å². The molecule has 1 saturated heterocycles. The van der Waals surface area contributed by atoms with Gasteiger partial charge in [-0.15, -0.1) is 0 Å². The molecule has 0 radical (unpaired) electrons. The second-order valence-corrected chi connectivity index (χ2v) is 5.07. The summed E-state index contributed by atoms with van der Waals surface area (Å²) >= 11 is 0. The van der Waals surface area contributed by atoms with E-state index in [9.17, 15) is 10.1 Å². The first-order chi connectivity index (χ1) is 9.19. The summed E-state index contributed by atoms with van der Waals surface area (Å²) in [5.74, 6) is 0.813. The van der Waals surface area contributed by atoms with Gasteiger partial charge in [-0.2, -0.15) is 0 Å². The van der Waals surface area contributed by atoms with Crippen molar-refractivity contribution >= 4 is 11.8 Å². The summed E-state index contributed by atoms with van der Waals surface area (Å²) in [4.78, 5) is 10.2. The van der Waals surface area contributed by atoms with Crippen LogP contribution in [-0.2, 0) is 0 Å². The fraction of sp³-hybridized carbons (Fsp3) is 0.467. The van der Waals surface area contributed by atoms with Crippen molar-refractivity contribution < 1.29 is 4.92 Å². The van der Waals surface area contributed by atoms with Gasteiger partial charge in [-0.1, -0.05) is 25.5 Å². The van der Waals surface area contributed by atoms with Crippen molar-refractivity contribution in [1.29, 1.82) is 0 Å². The number of rotatable bonds is 4. The van der Waals surface area contributed by atoms with Gasteiger partial charge in [0, 0.05) is 18.2 Å². The van der Waals surface area contributed by atoms with E-state index in [1.54, 1.807) is 24.3 Å². The summed E-state index contributed by atoms with van der Waals surface area (Å²) < 4.78 is 0. The Morgan fingerprint density at radius 1 is 1.42 bits per heavy atom. The van der Waals surface area contributed by atoms with Gasteiger partial charge >= 0.3 is 0 Å². The van der Waals surface area contributed by atoms with Gasteiger partial charge in [0.2, 0.25) is 0 Å². The van der Waals surface area contributed by atoms with Crippen LogP contribution in [0, 0.1) is 16.0 Å². The lowest BCUT2D eigenvalue weighted by molar-refractivity contribution is -0.384. The number of hydrogen-bond donors (Lipinski definition) is 1. The largest absolute Gasteiger partial charge is 0.310 e. The standard InChI is InChI=1S/C15H20N2O2/c1-2-12-9-10-16-14(11-12)6-3-13-4-7-15(8-5-13)17(18)19/h3-8,12,14,16H,2,9-11H2,1H3/b6-3+. The molecule has 2 atom stereocenters. The number of hydrogen-bond acceptors (Lipinski definition) is 3. The number of benzene rings is 1. The van der Waals surface area contributed by atoms with Crippen LogP contribution in [0.2, 0.25) is 0 Å². The van der Waals surface area contributed by atoms with Crippen molar-refractivity contribution in [2.75, 3.05) is 6.54 Å². The summed E-state index contributed by atoms with van der Waals surface area (Å²) in [5, 5.41) is 14.1. The summed E-state index contributed by atoms with van der Waals surface area (Å²) in [6, 6.07) is 7.09. The van der Waals surface area contributed by atoms with Crippen molar-refractivity contribution in [2.45, 2.75) is 32.2 Å². The van der Waals surface area contributed by atoms with Gasteiger partial charge in [0.25, 0.3) is 5.69 Å². The summed E-state index contributed by atoms with van der Waals surface area (Å²) in [5.41, 5.74) is 1.14. The quantitative estimate of drug-likeness (QED) is 0.667. The number of nitrogens with zero attached hydrogens (tertiary/aromatic N) is 1. The minimum atomic E-state index is -0.373. The molecule has 19 heavy (non-hydrogen) atoms.